The molecule has 1 aliphatic carbocycles. The minimum absolute atomic E-state index is 0.164. The van der Waals surface area contributed by atoms with Gasteiger partial charge in [-0.3, -0.25) is 0 Å². The third-order valence-corrected chi connectivity index (χ3v) is 14.0. The molecule has 0 saturated heterocycles. The summed E-state index contributed by atoms with van der Waals surface area (Å²) in [5.74, 6) is 0.144. The maximum absolute atomic E-state index is 9.97. The topological polar surface area (TPSA) is 51.8 Å². The molecule has 0 radical (unpaired) electrons. The van der Waals surface area contributed by atoms with Crippen LogP contribution in [0.3, 0.4) is 0 Å². The lowest BCUT2D eigenvalue weighted by molar-refractivity contribution is 0.669. The Kier molecular flexibility index (Phi) is 6.38. The summed E-state index contributed by atoms with van der Waals surface area (Å²) in [5, 5.41) is -3.07. The molecule has 0 atom stereocenters. The van der Waals surface area contributed by atoms with Gasteiger partial charge in [-0.25, -0.2) is 15.0 Å². The van der Waals surface area contributed by atoms with Crippen molar-refractivity contribution in [2.24, 2.45) is 0 Å². The van der Waals surface area contributed by atoms with Crippen LogP contribution in [0, 0.1) is 0 Å². The van der Waals surface area contributed by atoms with E-state index < -0.39 is 152 Å². The maximum Gasteiger partial charge on any atom is 0.164 e. The molecule has 0 unspecified atom stereocenters. The monoisotopic (exact) mass is 958 g/mol. The van der Waals surface area contributed by atoms with E-state index in [0.717, 1.165) is 44.5 Å². The average molecular weight is 959 g/mol. The van der Waals surface area contributed by atoms with Gasteiger partial charge in [0.15, 0.2) is 17.5 Å². The Labute approximate surface area is 451 Å². The first-order chi connectivity index (χ1) is 43.8. The van der Waals surface area contributed by atoms with Crippen molar-refractivity contribution in [1.29, 1.82) is 0 Å². The minimum atomic E-state index is -0.829. The lowest BCUT2D eigenvalue weighted by Crippen LogP contribution is -2.28. The number of hydrogen-bond acceptors (Lipinski definition) is 4. The molecule has 0 spiro atoms. The van der Waals surface area contributed by atoms with Gasteiger partial charge in [-0.05, 0) is 130 Å². The van der Waals surface area contributed by atoms with E-state index >= 15 is 0 Å². The smallest absolute Gasteiger partial charge is 0.164 e. The second kappa shape index (κ2) is 16.7. The third-order valence-electron chi connectivity index (χ3n) is 14.0. The van der Waals surface area contributed by atoms with Crippen LogP contribution in [-0.4, -0.2) is 15.0 Å². The Morgan fingerprint density at radius 2 is 0.811 bits per heavy atom. The van der Waals surface area contributed by atoms with Crippen LogP contribution in [0.2, 0.25) is 0 Å². The summed E-state index contributed by atoms with van der Waals surface area (Å²) in [4.78, 5) is 15.2. The van der Waals surface area contributed by atoms with Crippen LogP contribution in [-0.2, 0) is 5.41 Å². The summed E-state index contributed by atoms with van der Waals surface area (Å²) in [7, 11) is 0. The zero-order chi connectivity index (χ0) is 63.5. The molecule has 0 bridgehead atoms. The first kappa shape index (κ1) is 28.3. The third kappa shape index (κ3) is 6.52. The minimum Gasteiger partial charge on any atom is -0.456 e. The lowest BCUT2D eigenvalue weighted by atomic mass is 9.67. The van der Waals surface area contributed by atoms with Crippen molar-refractivity contribution >= 4 is 54.3 Å². The summed E-state index contributed by atoms with van der Waals surface area (Å²) in [6, 6.07) is 40.0. The van der Waals surface area contributed by atoms with Crippen molar-refractivity contribution in [3.05, 3.63) is 283 Å². The number of rotatable bonds is 7. The van der Waals surface area contributed by atoms with Crippen LogP contribution in [0.4, 0.5) is 0 Å². The van der Waals surface area contributed by atoms with Gasteiger partial charge in [0, 0.05) is 27.5 Å². The second-order valence-corrected chi connectivity index (χ2v) is 18.1. The highest BCUT2D eigenvalue weighted by Gasteiger charge is 2.46. The van der Waals surface area contributed by atoms with Gasteiger partial charge in [-0.2, -0.15) is 0 Å². The summed E-state index contributed by atoms with van der Waals surface area (Å²) in [6.07, 6.45) is 0. The van der Waals surface area contributed by atoms with Gasteiger partial charge in [0.1, 0.15) is 11.2 Å². The van der Waals surface area contributed by atoms with E-state index in [9.17, 15) is 12.3 Å². The Bertz CT molecular complexity index is 5490. The van der Waals surface area contributed by atoms with Gasteiger partial charge in [0.05, 0.1) is 28.7 Å². The van der Waals surface area contributed by atoms with E-state index in [4.69, 9.17) is 30.3 Å². The van der Waals surface area contributed by atoms with E-state index in [2.05, 4.69) is 42.5 Å². The SMILES string of the molecule is [2H]c1c(-c2c([2H])c([2H])c3c4c([2H])c([2H])c([2H])c([2H])c4c4c([2H])c([2H])c([2H])c([2H])c4c3c2[2H])c([2H])c2c(oc3c([2H])c(-c4nc(-c5cccc(-c6ccccc6)c5)nc(-c5ccc6c(c5)C(c5ccccc5)(c5ccccc5)c5ccccc5-6)n4)c([2H])c([2H])c32)c1[2H]. The first-order valence-electron chi connectivity index (χ1n) is 32.4. The number of aromatic nitrogens is 3. The number of benzene rings is 12. The highest BCUT2D eigenvalue weighted by atomic mass is 16.3. The molecule has 2 heterocycles. The van der Waals surface area contributed by atoms with Gasteiger partial charge >= 0.3 is 0 Å². The van der Waals surface area contributed by atoms with Crippen molar-refractivity contribution in [2.45, 2.75) is 5.41 Å². The van der Waals surface area contributed by atoms with Crippen molar-refractivity contribution in [3.63, 3.8) is 0 Å². The van der Waals surface area contributed by atoms with E-state index in [1.54, 1.807) is 0 Å². The quantitative estimate of drug-likeness (QED) is 0.149. The fourth-order valence-electron chi connectivity index (χ4n) is 10.7. The van der Waals surface area contributed by atoms with Gasteiger partial charge in [-0.15, -0.1) is 0 Å². The number of hydrogen-bond donors (Lipinski definition) is 0. The molecular formula is C70H43N3O. The zero-order valence-corrected chi connectivity index (χ0v) is 38.8. The predicted molar refractivity (Wildman–Crippen MR) is 304 cm³/mol. The fourth-order valence-corrected chi connectivity index (χ4v) is 10.7. The molecule has 344 valence electrons. The van der Waals surface area contributed by atoms with Crippen molar-refractivity contribution < 1.29 is 27.7 Å². The van der Waals surface area contributed by atoms with Crippen LogP contribution >= 0.6 is 0 Å². The molecule has 2 aromatic heterocycles. The number of fused-ring (bicyclic) bond motifs is 12. The molecule has 4 heteroatoms. The Morgan fingerprint density at radius 1 is 0.311 bits per heavy atom. The zero-order valence-electron chi connectivity index (χ0n) is 55.8. The van der Waals surface area contributed by atoms with Crippen LogP contribution in [0.5, 0.6) is 0 Å². The average Bonchev–Trinajstić information content (AvgIpc) is 1.66. The van der Waals surface area contributed by atoms with E-state index in [-0.39, 0.29) is 44.8 Å². The molecular weight excluding hydrogens is 899 g/mol. The van der Waals surface area contributed by atoms with E-state index in [1.807, 2.05) is 115 Å². The van der Waals surface area contributed by atoms with Gasteiger partial charge in [-0.1, -0.05) is 218 Å². The van der Waals surface area contributed by atoms with Crippen LogP contribution in [0.15, 0.2) is 265 Å². The van der Waals surface area contributed by atoms with Crippen LogP contribution < -0.4 is 0 Å². The van der Waals surface area contributed by atoms with Crippen LogP contribution in [0.1, 0.15) is 45.6 Å². The standard InChI is InChI=1S/C70H43N3O/c1-4-17-44(18-5-1)45-19-16-20-48(39-45)67-71-68(49-32-36-59-58-29-14-15-30-63(58)70(64(59)42-49,51-21-6-2-7-22-51)52-23-8-3-9-24-52)73-69(72-67)50-33-37-60-62-41-47(34-38-65(62)74-66(60)43-50)46-31-35-57-55-27-11-10-25-53(55)54-26-12-13-28-56(54)61(57)40-46/h1-43H/i10D,11D,12D,13D,25D,26D,27D,28D,31D,33D,34D,35D,37D,38D,40D,41D,43D. The van der Waals surface area contributed by atoms with Gasteiger partial charge in [0.2, 0.25) is 0 Å². The summed E-state index contributed by atoms with van der Waals surface area (Å²) >= 11 is 0. The molecule has 1 aliphatic rings. The Balaban J connectivity index is 0.979. The van der Waals surface area contributed by atoms with Crippen LogP contribution in [0.25, 0.3) is 122 Å². The fraction of sp³-hybridized carbons (Fsp3) is 0.0143. The molecule has 0 fully saturated rings. The molecule has 12 aromatic carbocycles. The largest absolute Gasteiger partial charge is 0.456 e. The Hall–Kier alpha value is -9.77. The molecule has 0 saturated carbocycles. The van der Waals surface area contributed by atoms with E-state index in [0.29, 0.717) is 11.1 Å². The highest BCUT2D eigenvalue weighted by Crippen LogP contribution is 2.56. The molecule has 14 aromatic rings. The lowest BCUT2D eigenvalue weighted by Gasteiger charge is -2.34. The summed E-state index contributed by atoms with van der Waals surface area (Å²) in [6.45, 7) is 0. The predicted octanol–water partition coefficient (Wildman–Crippen LogP) is 17.9. The number of furan rings is 1. The first-order valence-corrected chi connectivity index (χ1v) is 23.9. The molecule has 0 aliphatic heterocycles. The van der Waals surface area contributed by atoms with E-state index in [1.165, 1.54) is 0 Å². The summed E-state index contributed by atoms with van der Waals surface area (Å²) in [5.41, 5.74) is 5.87. The molecule has 0 amide bonds. The normalized spacial score (nSPS) is 15.9. The van der Waals surface area contributed by atoms with Gasteiger partial charge in [0.25, 0.3) is 0 Å². The number of nitrogens with zero attached hydrogens (tertiary/aromatic N) is 3. The maximum atomic E-state index is 9.97. The Morgan fingerprint density at radius 3 is 1.50 bits per heavy atom. The second-order valence-electron chi connectivity index (χ2n) is 18.1. The van der Waals surface area contributed by atoms with Crippen molar-refractivity contribution in [3.8, 4) is 67.5 Å². The molecule has 15 rings (SSSR count). The highest BCUT2D eigenvalue weighted by molar-refractivity contribution is 6.25. The van der Waals surface area contributed by atoms with Gasteiger partial charge < -0.3 is 4.42 Å². The summed E-state index contributed by atoms with van der Waals surface area (Å²) < 4.78 is 164. The molecule has 74 heavy (non-hydrogen) atoms. The molecule has 0 N–H and O–H groups in total. The van der Waals surface area contributed by atoms with Crippen molar-refractivity contribution in [1.82, 2.24) is 15.0 Å². The molecule has 4 nitrogen and oxygen atoms in total. The van der Waals surface area contributed by atoms with Crippen molar-refractivity contribution in [2.75, 3.05) is 0 Å².